The number of non-ortho nitro benzene ring substituents is 1. The van der Waals surface area contributed by atoms with Crippen LogP contribution in [0.4, 0.5) is 17.1 Å². The molecule has 0 unspecified atom stereocenters. The number of ether oxygens (including phenoxy) is 2. The molecular weight excluding hydrogens is 360 g/mol. The van der Waals surface area contributed by atoms with Gasteiger partial charge >= 0.3 is 11.7 Å². The van der Waals surface area contributed by atoms with Crippen molar-refractivity contribution in [3.8, 4) is 5.75 Å². The van der Waals surface area contributed by atoms with E-state index in [-0.39, 0.29) is 12.3 Å². The maximum absolute atomic E-state index is 11.0. The van der Waals surface area contributed by atoms with Crippen molar-refractivity contribution in [1.82, 2.24) is 0 Å². The van der Waals surface area contributed by atoms with Crippen molar-refractivity contribution in [2.75, 3.05) is 19.1 Å². The lowest BCUT2D eigenvalue weighted by atomic mass is 10.2. The molecule has 27 heavy (non-hydrogen) atoms. The molecule has 0 aromatic heterocycles. The molecule has 2 aromatic rings. The Kier molecular flexibility index (Phi) is 6.36. The fraction of sp³-hybridized carbons (Fsp3) is 0.125. The summed E-state index contributed by atoms with van der Waals surface area (Å²) in [6.07, 6.45) is 1.40. The normalized spacial score (nSPS) is 10.4. The number of nitro benzene ring substituents is 2. The average molecular weight is 374 g/mol. The summed E-state index contributed by atoms with van der Waals surface area (Å²) in [5, 5.41) is 25.6. The van der Waals surface area contributed by atoms with Gasteiger partial charge in [-0.05, 0) is 35.9 Å². The number of hydrazone groups is 1. The maximum Gasteiger partial charge on any atom is 0.343 e. The quantitative estimate of drug-likeness (QED) is 0.321. The Morgan fingerprint density at radius 2 is 1.85 bits per heavy atom. The van der Waals surface area contributed by atoms with Crippen molar-refractivity contribution < 1.29 is 24.1 Å². The first kappa shape index (κ1) is 19.3. The van der Waals surface area contributed by atoms with Gasteiger partial charge in [0.05, 0.1) is 29.2 Å². The van der Waals surface area contributed by atoms with E-state index >= 15 is 0 Å². The van der Waals surface area contributed by atoms with Crippen LogP contribution >= 0.6 is 0 Å². The van der Waals surface area contributed by atoms with Gasteiger partial charge < -0.3 is 9.47 Å². The minimum absolute atomic E-state index is 0.0138. The summed E-state index contributed by atoms with van der Waals surface area (Å²) in [6.45, 7) is -0.213. The molecule has 11 nitrogen and oxygen atoms in total. The summed E-state index contributed by atoms with van der Waals surface area (Å²) in [4.78, 5) is 31.3. The second kappa shape index (κ2) is 8.89. The van der Waals surface area contributed by atoms with Gasteiger partial charge in [-0.25, -0.2) is 4.79 Å². The number of benzene rings is 2. The van der Waals surface area contributed by atoms with Gasteiger partial charge in [-0.2, -0.15) is 5.10 Å². The average Bonchev–Trinajstić information content (AvgIpc) is 2.66. The highest BCUT2D eigenvalue weighted by Gasteiger charge is 2.19. The Labute approximate surface area is 152 Å². The van der Waals surface area contributed by atoms with Crippen LogP contribution in [0, 0.1) is 20.2 Å². The number of anilines is 1. The highest BCUT2D eigenvalue weighted by Crippen LogP contribution is 2.28. The highest BCUT2D eigenvalue weighted by molar-refractivity contribution is 5.81. The van der Waals surface area contributed by atoms with E-state index in [1.54, 1.807) is 24.3 Å². The Morgan fingerprint density at radius 3 is 2.44 bits per heavy atom. The zero-order chi connectivity index (χ0) is 19.8. The fourth-order valence-electron chi connectivity index (χ4n) is 1.91. The topological polar surface area (TPSA) is 146 Å². The summed E-state index contributed by atoms with van der Waals surface area (Å²) in [5.74, 6) is -0.0500. The zero-order valence-corrected chi connectivity index (χ0v) is 14.0. The third kappa shape index (κ3) is 5.49. The van der Waals surface area contributed by atoms with Crippen molar-refractivity contribution in [2.24, 2.45) is 5.10 Å². The molecule has 0 atom stereocenters. The first-order valence-electron chi connectivity index (χ1n) is 7.42. The van der Waals surface area contributed by atoms with E-state index in [0.29, 0.717) is 11.3 Å². The Hall–Kier alpha value is -4.02. The van der Waals surface area contributed by atoms with Gasteiger partial charge in [-0.15, -0.1) is 0 Å². The van der Waals surface area contributed by atoms with E-state index in [0.717, 1.165) is 12.1 Å². The molecule has 0 saturated carbocycles. The maximum atomic E-state index is 11.0. The third-order valence-electron chi connectivity index (χ3n) is 3.25. The molecule has 0 amide bonds. The monoisotopic (exact) mass is 374 g/mol. The Bertz CT molecular complexity index is 881. The molecule has 140 valence electrons. The minimum Gasteiger partial charge on any atom is -0.482 e. The third-order valence-corrected chi connectivity index (χ3v) is 3.25. The van der Waals surface area contributed by atoms with Gasteiger partial charge in [-0.1, -0.05) is 0 Å². The predicted molar refractivity (Wildman–Crippen MR) is 94.9 cm³/mol. The van der Waals surface area contributed by atoms with E-state index in [1.807, 2.05) is 0 Å². The number of hydrogen-bond donors (Lipinski definition) is 1. The van der Waals surface area contributed by atoms with Crippen molar-refractivity contribution in [3.63, 3.8) is 0 Å². The molecule has 0 saturated heterocycles. The lowest BCUT2D eigenvalue weighted by Crippen LogP contribution is -2.12. The zero-order valence-electron chi connectivity index (χ0n) is 14.0. The summed E-state index contributed by atoms with van der Waals surface area (Å²) < 4.78 is 9.65. The molecule has 11 heteroatoms. The lowest BCUT2D eigenvalue weighted by molar-refractivity contribution is -0.393. The summed E-state index contributed by atoms with van der Waals surface area (Å²) >= 11 is 0. The predicted octanol–water partition coefficient (Wildman–Crippen LogP) is 2.50. The molecule has 1 N–H and O–H groups in total. The largest absolute Gasteiger partial charge is 0.482 e. The number of esters is 1. The number of carbonyl (C=O) groups excluding carboxylic acids is 1. The number of carbonyl (C=O) groups is 1. The van der Waals surface area contributed by atoms with Crippen LogP contribution < -0.4 is 10.2 Å². The van der Waals surface area contributed by atoms with Gasteiger partial charge in [0.15, 0.2) is 6.61 Å². The van der Waals surface area contributed by atoms with Gasteiger partial charge in [-0.3, -0.25) is 25.7 Å². The molecule has 0 aliphatic heterocycles. The first-order chi connectivity index (χ1) is 12.9. The number of rotatable bonds is 8. The van der Waals surface area contributed by atoms with Crippen LogP contribution in [0.25, 0.3) is 0 Å². The SMILES string of the molecule is COC(=O)COc1ccc(/C=N\Nc2ccc([N+](=O)[O-])cc2[N+](=O)[O-])cc1. The summed E-state index contributed by atoms with van der Waals surface area (Å²) in [5.41, 5.74) is 2.29. The van der Waals surface area contributed by atoms with Gasteiger partial charge in [0.25, 0.3) is 5.69 Å². The Balaban J connectivity index is 2.03. The molecule has 2 rings (SSSR count). The van der Waals surface area contributed by atoms with Crippen molar-refractivity contribution in [3.05, 3.63) is 68.3 Å². The number of nitro groups is 2. The van der Waals surface area contributed by atoms with Crippen LogP contribution in [0.5, 0.6) is 5.75 Å². The number of hydrogen-bond acceptors (Lipinski definition) is 9. The van der Waals surface area contributed by atoms with E-state index in [1.165, 1.54) is 19.4 Å². The molecular formula is C16H14N4O7. The van der Waals surface area contributed by atoms with Crippen molar-refractivity contribution in [2.45, 2.75) is 0 Å². The smallest absolute Gasteiger partial charge is 0.343 e. The lowest BCUT2D eigenvalue weighted by Gasteiger charge is -2.04. The molecule has 0 aliphatic carbocycles. The highest BCUT2D eigenvalue weighted by atomic mass is 16.6. The van der Waals surface area contributed by atoms with E-state index in [4.69, 9.17) is 4.74 Å². The first-order valence-corrected chi connectivity index (χ1v) is 7.42. The molecule has 0 heterocycles. The second-order valence-electron chi connectivity index (χ2n) is 5.02. The molecule has 0 bridgehead atoms. The fourth-order valence-corrected chi connectivity index (χ4v) is 1.91. The number of methoxy groups -OCH3 is 1. The van der Waals surface area contributed by atoms with E-state index in [2.05, 4.69) is 15.3 Å². The molecule has 0 aliphatic rings. The summed E-state index contributed by atoms with van der Waals surface area (Å²) in [7, 11) is 1.26. The molecule has 0 spiro atoms. The van der Waals surface area contributed by atoms with Crippen LogP contribution in [0.15, 0.2) is 47.6 Å². The molecule has 0 fully saturated rings. The van der Waals surface area contributed by atoms with Gasteiger partial charge in [0, 0.05) is 6.07 Å². The van der Waals surface area contributed by atoms with Crippen LogP contribution in [0.1, 0.15) is 5.56 Å². The van der Waals surface area contributed by atoms with Crippen LogP contribution in [0.3, 0.4) is 0 Å². The van der Waals surface area contributed by atoms with Gasteiger partial charge in [0.2, 0.25) is 0 Å². The number of nitrogens with zero attached hydrogens (tertiary/aromatic N) is 3. The van der Waals surface area contributed by atoms with Gasteiger partial charge in [0.1, 0.15) is 11.4 Å². The minimum atomic E-state index is -0.738. The Morgan fingerprint density at radius 1 is 1.15 bits per heavy atom. The second-order valence-corrected chi connectivity index (χ2v) is 5.02. The summed E-state index contributed by atoms with van der Waals surface area (Å²) in [6, 6.07) is 9.72. The van der Waals surface area contributed by atoms with Crippen molar-refractivity contribution >= 4 is 29.2 Å². The molecule has 2 aromatic carbocycles. The standard InChI is InChI=1S/C16H14N4O7/c1-26-16(21)10-27-13-5-2-11(3-6-13)9-17-18-14-7-4-12(19(22)23)8-15(14)20(24)25/h2-9,18H,10H2,1H3/b17-9-. The van der Waals surface area contributed by atoms with Crippen LogP contribution in [-0.2, 0) is 9.53 Å². The van der Waals surface area contributed by atoms with E-state index in [9.17, 15) is 25.0 Å². The van der Waals surface area contributed by atoms with Crippen molar-refractivity contribution in [1.29, 1.82) is 0 Å². The molecule has 0 radical (unpaired) electrons. The van der Waals surface area contributed by atoms with Crippen LogP contribution in [-0.4, -0.2) is 35.7 Å². The number of nitrogens with one attached hydrogen (secondary N) is 1. The van der Waals surface area contributed by atoms with E-state index < -0.39 is 27.2 Å². The van der Waals surface area contributed by atoms with Crippen LogP contribution in [0.2, 0.25) is 0 Å².